The Morgan fingerprint density at radius 3 is 3.00 bits per heavy atom. The summed E-state index contributed by atoms with van der Waals surface area (Å²) in [7, 11) is 1.56. The molecule has 5 heteroatoms. The van der Waals surface area contributed by atoms with Gasteiger partial charge < -0.3 is 15.2 Å². The van der Waals surface area contributed by atoms with Gasteiger partial charge >= 0.3 is 0 Å². The summed E-state index contributed by atoms with van der Waals surface area (Å²) in [6, 6.07) is 5.58. The van der Waals surface area contributed by atoms with Crippen LogP contribution in [0.5, 0.6) is 5.75 Å². The van der Waals surface area contributed by atoms with Gasteiger partial charge in [0.2, 0.25) is 5.91 Å². The molecule has 0 radical (unpaired) electrons. The van der Waals surface area contributed by atoms with Crippen LogP contribution in [0.1, 0.15) is 24.9 Å². The number of carbonyl (C=O) groups is 1. The van der Waals surface area contributed by atoms with Gasteiger partial charge in [-0.15, -0.1) is 0 Å². The largest absolute Gasteiger partial charge is 0.491 e. The topological polar surface area (TPSA) is 64.8 Å². The van der Waals surface area contributed by atoms with Crippen molar-refractivity contribution in [3.8, 4) is 5.75 Å². The van der Waals surface area contributed by atoms with Crippen LogP contribution in [0.4, 0.5) is 5.69 Å². The molecule has 0 fully saturated rings. The van der Waals surface area contributed by atoms with Gasteiger partial charge in [-0.3, -0.25) is 9.69 Å². The maximum atomic E-state index is 12.0. The number of amides is 1. The van der Waals surface area contributed by atoms with Gasteiger partial charge in [-0.2, -0.15) is 0 Å². The van der Waals surface area contributed by atoms with Crippen molar-refractivity contribution in [2.45, 2.75) is 19.4 Å². The van der Waals surface area contributed by atoms with Crippen molar-refractivity contribution in [3.05, 3.63) is 23.8 Å². The Labute approximate surface area is 106 Å². The maximum absolute atomic E-state index is 12.0. The van der Waals surface area contributed by atoms with Gasteiger partial charge in [0.25, 0.3) is 0 Å². The fourth-order valence-electron chi connectivity index (χ4n) is 1.94. The zero-order chi connectivity index (χ0) is 13.1. The summed E-state index contributed by atoms with van der Waals surface area (Å²) in [5.74, 6) is 0.694. The highest BCUT2D eigenvalue weighted by Crippen LogP contribution is 2.33. The van der Waals surface area contributed by atoms with E-state index < -0.39 is 0 Å². The number of rotatable bonds is 3. The molecular formula is C13H18N2O3. The minimum atomic E-state index is -0.0851. The number of fused-ring (bicyclic) bond motifs is 1. The summed E-state index contributed by atoms with van der Waals surface area (Å²) in [5.41, 5.74) is 7.56. The van der Waals surface area contributed by atoms with E-state index >= 15 is 0 Å². The fraction of sp³-hybridized carbons (Fsp3) is 0.462. The monoisotopic (exact) mass is 250 g/mol. The Bertz CT molecular complexity index is 446. The van der Waals surface area contributed by atoms with E-state index in [9.17, 15) is 4.79 Å². The van der Waals surface area contributed by atoms with Gasteiger partial charge in [0, 0.05) is 13.2 Å². The molecule has 0 aliphatic carbocycles. The standard InChI is InChI=1S/C13H18N2O3/c1-9(14)10-3-4-12-11(7-10)15(8-17-2)13(16)5-6-18-12/h3-4,7,9H,5-6,8,14H2,1-2H3. The minimum Gasteiger partial charge on any atom is -0.491 e. The molecule has 5 nitrogen and oxygen atoms in total. The van der Waals surface area contributed by atoms with E-state index in [0.29, 0.717) is 18.8 Å². The Hall–Kier alpha value is -1.59. The lowest BCUT2D eigenvalue weighted by Crippen LogP contribution is -2.32. The molecule has 1 heterocycles. The third-order valence-electron chi connectivity index (χ3n) is 2.93. The van der Waals surface area contributed by atoms with Crippen LogP contribution in [0.2, 0.25) is 0 Å². The molecule has 1 amide bonds. The third kappa shape index (κ3) is 2.47. The number of ether oxygens (including phenoxy) is 2. The average molecular weight is 250 g/mol. The van der Waals surface area contributed by atoms with E-state index in [2.05, 4.69) is 0 Å². The van der Waals surface area contributed by atoms with Crippen LogP contribution >= 0.6 is 0 Å². The number of methoxy groups -OCH3 is 1. The average Bonchev–Trinajstić information content (AvgIpc) is 2.50. The van der Waals surface area contributed by atoms with Gasteiger partial charge in [0.05, 0.1) is 18.7 Å². The van der Waals surface area contributed by atoms with Gasteiger partial charge in [-0.25, -0.2) is 0 Å². The number of hydrogen-bond donors (Lipinski definition) is 1. The lowest BCUT2D eigenvalue weighted by molar-refractivity contribution is -0.119. The van der Waals surface area contributed by atoms with Crippen molar-refractivity contribution in [3.63, 3.8) is 0 Å². The summed E-state index contributed by atoms with van der Waals surface area (Å²) in [4.78, 5) is 13.6. The van der Waals surface area contributed by atoms with Gasteiger partial charge in [-0.1, -0.05) is 6.07 Å². The molecular weight excluding hydrogens is 232 g/mol. The smallest absolute Gasteiger partial charge is 0.232 e. The van der Waals surface area contributed by atoms with Crippen LogP contribution in [0.15, 0.2) is 18.2 Å². The van der Waals surface area contributed by atoms with Crippen LogP contribution in [0.25, 0.3) is 0 Å². The number of anilines is 1. The number of hydrogen-bond acceptors (Lipinski definition) is 4. The molecule has 1 aliphatic rings. The van der Waals surface area contributed by atoms with Crippen molar-refractivity contribution >= 4 is 11.6 Å². The number of benzene rings is 1. The maximum Gasteiger partial charge on any atom is 0.232 e. The SMILES string of the molecule is COCN1C(=O)CCOc2ccc(C(C)N)cc21. The zero-order valence-corrected chi connectivity index (χ0v) is 10.7. The van der Waals surface area contributed by atoms with Crippen LogP contribution in [-0.4, -0.2) is 26.4 Å². The van der Waals surface area contributed by atoms with Crippen LogP contribution in [0, 0.1) is 0 Å². The highest BCUT2D eigenvalue weighted by atomic mass is 16.5. The second-order valence-electron chi connectivity index (χ2n) is 4.35. The third-order valence-corrected chi connectivity index (χ3v) is 2.93. The highest BCUT2D eigenvalue weighted by Gasteiger charge is 2.23. The zero-order valence-electron chi connectivity index (χ0n) is 10.7. The molecule has 1 aliphatic heterocycles. The van der Waals surface area contributed by atoms with Crippen molar-refractivity contribution in [1.82, 2.24) is 0 Å². The molecule has 18 heavy (non-hydrogen) atoms. The van der Waals surface area contributed by atoms with Crippen molar-refractivity contribution in [2.75, 3.05) is 25.3 Å². The van der Waals surface area contributed by atoms with Crippen molar-refractivity contribution < 1.29 is 14.3 Å². The molecule has 1 aromatic rings. The van der Waals surface area contributed by atoms with Gasteiger partial charge in [-0.05, 0) is 24.6 Å². The van der Waals surface area contributed by atoms with Gasteiger partial charge in [0.1, 0.15) is 12.5 Å². The predicted octanol–water partition coefficient (Wildman–Crippen LogP) is 1.43. The lowest BCUT2D eigenvalue weighted by atomic mass is 10.1. The number of nitrogens with zero attached hydrogens (tertiary/aromatic N) is 1. The molecule has 2 N–H and O–H groups in total. The Morgan fingerprint density at radius 1 is 1.56 bits per heavy atom. The van der Waals surface area contributed by atoms with E-state index in [1.807, 2.05) is 25.1 Å². The summed E-state index contributed by atoms with van der Waals surface area (Å²) >= 11 is 0. The molecule has 0 bridgehead atoms. The van der Waals surface area contributed by atoms with E-state index in [-0.39, 0.29) is 18.7 Å². The lowest BCUT2D eigenvalue weighted by Gasteiger charge is -2.22. The molecule has 1 unspecified atom stereocenters. The Kier molecular flexibility index (Phi) is 3.84. The van der Waals surface area contributed by atoms with Crippen molar-refractivity contribution in [2.24, 2.45) is 5.73 Å². The Balaban J connectivity index is 2.44. The first-order valence-electron chi connectivity index (χ1n) is 5.95. The van der Waals surface area contributed by atoms with Gasteiger partial charge in [0.15, 0.2) is 0 Å². The summed E-state index contributed by atoms with van der Waals surface area (Å²) in [6.07, 6.45) is 0.353. The first-order valence-corrected chi connectivity index (χ1v) is 5.95. The molecule has 0 saturated heterocycles. The minimum absolute atomic E-state index is 0.00238. The highest BCUT2D eigenvalue weighted by molar-refractivity contribution is 5.95. The van der Waals surface area contributed by atoms with E-state index in [1.165, 1.54) is 0 Å². The van der Waals surface area contributed by atoms with E-state index in [4.69, 9.17) is 15.2 Å². The quantitative estimate of drug-likeness (QED) is 0.881. The van der Waals surface area contributed by atoms with E-state index in [0.717, 1.165) is 11.3 Å². The first kappa shape index (κ1) is 12.9. The fourth-order valence-corrected chi connectivity index (χ4v) is 1.94. The summed E-state index contributed by atoms with van der Waals surface area (Å²) in [5, 5.41) is 0. The number of carbonyl (C=O) groups excluding carboxylic acids is 1. The first-order chi connectivity index (χ1) is 8.63. The summed E-state index contributed by atoms with van der Waals surface area (Å²) in [6.45, 7) is 2.52. The van der Waals surface area contributed by atoms with Crippen LogP contribution < -0.4 is 15.4 Å². The van der Waals surface area contributed by atoms with Crippen LogP contribution in [0.3, 0.4) is 0 Å². The normalized spacial score (nSPS) is 16.8. The second kappa shape index (κ2) is 5.37. The van der Waals surface area contributed by atoms with Crippen molar-refractivity contribution in [1.29, 1.82) is 0 Å². The molecule has 0 spiro atoms. The molecule has 1 atom stereocenters. The molecule has 0 saturated carbocycles. The van der Waals surface area contributed by atoms with Crippen LogP contribution in [-0.2, 0) is 9.53 Å². The predicted molar refractivity (Wildman–Crippen MR) is 68.5 cm³/mol. The molecule has 98 valence electrons. The second-order valence-corrected chi connectivity index (χ2v) is 4.35. The molecule has 2 rings (SSSR count). The Morgan fingerprint density at radius 2 is 2.33 bits per heavy atom. The molecule has 0 aromatic heterocycles. The number of nitrogens with two attached hydrogens (primary N) is 1. The van der Waals surface area contributed by atoms with E-state index in [1.54, 1.807) is 12.0 Å². The summed E-state index contributed by atoms with van der Waals surface area (Å²) < 4.78 is 10.7. The molecule has 1 aromatic carbocycles.